The van der Waals surface area contributed by atoms with E-state index >= 15 is 0 Å². The SMILES string of the molecule is CNCc1cnc(Oc2ccc(C)cc2OC)nc1C. The van der Waals surface area contributed by atoms with Gasteiger partial charge in [0, 0.05) is 24.0 Å². The fraction of sp³-hybridized carbons (Fsp3) is 0.333. The predicted octanol–water partition coefficient (Wildman–Crippen LogP) is 2.61. The zero-order valence-electron chi connectivity index (χ0n) is 12.2. The molecule has 1 aromatic carbocycles. The van der Waals surface area contributed by atoms with Crippen LogP contribution in [0.25, 0.3) is 0 Å². The van der Waals surface area contributed by atoms with Crippen molar-refractivity contribution < 1.29 is 9.47 Å². The van der Waals surface area contributed by atoms with Gasteiger partial charge in [0.1, 0.15) is 0 Å². The Morgan fingerprint density at radius 2 is 2.00 bits per heavy atom. The number of rotatable bonds is 5. The van der Waals surface area contributed by atoms with Gasteiger partial charge in [-0.25, -0.2) is 4.98 Å². The van der Waals surface area contributed by atoms with E-state index in [0.29, 0.717) is 17.5 Å². The first-order valence-electron chi connectivity index (χ1n) is 6.43. The van der Waals surface area contributed by atoms with Gasteiger partial charge in [0.2, 0.25) is 0 Å². The van der Waals surface area contributed by atoms with E-state index in [2.05, 4.69) is 15.3 Å². The molecule has 0 amide bonds. The minimum absolute atomic E-state index is 0.324. The van der Waals surface area contributed by atoms with Gasteiger partial charge in [0.25, 0.3) is 0 Å². The van der Waals surface area contributed by atoms with E-state index in [1.165, 1.54) is 0 Å². The highest BCUT2D eigenvalue weighted by molar-refractivity contribution is 5.43. The van der Waals surface area contributed by atoms with E-state index in [4.69, 9.17) is 9.47 Å². The van der Waals surface area contributed by atoms with Crippen LogP contribution in [0.5, 0.6) is 17.5 Å². The van der Waals surface area contributed by atoms with Gasteiger partial charge in [0.15, 0.2) is 11.5 Å². The number of methoxy groups -OCH3 is 1. The lowest BCUT2D eigenvalue weighted by Crippen LogP contribution is -2.08. The molecule has 0 aliphatic carbocycles. The topological polar surface area (TPSA) is 56.3 Å². The van der Waals surface area contributed by atoms with Crippen molar-refractivity contribution in [3.8, 4) is 17.5 Å². The van der Waals surface area contributed by atoms with Crippen LogP contribution < -0.4 is 14.8 Å². The Morgan fingerprint density at radius 1 is 1.20 bits per heavy atom. The number of aromatic nitrogens is 2. The van der Waals surface area contributed by atoms with E-state index in [-0.39, 0.29) is 0 Å². The number of hydrogen-bond acceptors (Lipinski definition) is 5. The summed E-state index contributed by atoms with van der Waals surface area (Å²) >= 11 is 0. The molecule has 20 heavy (non-hydrogen) atoms. The van der Waals surface area contributed by atoms with Crippen molar-refractivity contribution in [3.05, 3.63) is 41.2 Å². The van der Waals surface area contributed by atoms with Crippen molar-refractivity contribution in [2.24, 2.45) is 0 Å². The standard InChI is InChI=1S/C15H19N3O2/c1-10-5-6-13(14(7-10)19-4)20-15-17-9-12(8-16-3)11(2)18-15/h5-7,9,16H,8H2,1-4H3. The highest BCUT2D eigenvalue weighted by atomic mass is 16.5. The van der Waals surface area contributed by atoms with Crippen molar-refractivity contribution in [1.82, 2.24) is 15.3 Å². The molecule has 0 unspecified atom stereocenters. The summed E-state index contributed by atoms with van der Waals surface area (Å²) in [5, 5.41) is 3.08. The number of aryl methyl sites for hydroxylation is 2. The molecule has 1 heterocycles. The van der Waals surface area contributed by atoms with Gasteiger partial charge in [-0.1, -0.05) is 6.07 Å². The van der Waals surface area contributed by atoms with E-state index in [9.17, 15) is 0 Å². The number of benzene rings is 1. The number of ether oxygens (including phenoxy) is 2. The molecule has 2 rings (SSSR count). The molecule has 2 aromatic rings. The number of hydrogen-bond donors (Lipinski definition) is 1. The summed E-state index contributed by atoms with van der Waals surface area (Å²) in [5.41, 5.74) is 3.06. The fourth-order valence-electron chi connectivity index (χ4n) is 1.84. The molecule has 0 bridgehead atoms. The monoisotopic (exact) mass is 273 g/mol. The van der Waals surface area contributed by atoms with Gasteiger partial charge in [-0.15, -0.1) is 0 Å². The normalized spacial score (nSPS) is 10.4. The molecule has 5 heteroatoms. The van der Waals surface area contributed by atoms with Crippen molar-refractivity contribution >= 4 is 0 Å². The Morgan fingerprint density at radius 3 is 2.65 bits per heavy atom. The summed E-state index contributed by atoms with van der Waals surface area (Å²) in [5.74, 6) is 1.28. The number of nitrogens with zero attached hydrogens (tertiary/aromatic N) is 2. The Balaban J connectivity index is 2.24. The van der Waals surface area contributed by atoms with Crippen molar-refractivity contribution in [2.45, 2.75) is 20.4 Å². The summed E-state index contributed by atoms with van der Waals surface area (Å²) in [6.07, 6.45) is 1.77. The Labute approximate surface area is 119 Å². The maximum absolute atomic E-state index is 5.70. The van der Waals surface area contributed by atoms with E-state index in [1.54, 1.807) is 13.3 Å². The van der Waals surface area contributed by atoms with Gasteiger partial charge in [-0.05, 0) is 38.6 Å². The molecule has 1 aromatic heterocycles. The van der Waals surface area contributed by atoms with Crippen LogP contribution in [0, 0.1) is 13.8 Å². The van der Waals surface area contributed by atoms with Gasteiger partial charge in [0.05, 0.1) is 7.11 Å². The first-order chi connectivity index (χ1) is 9.63. The van der Waals surface area contributed by atoms with Crippen LogP contribution in [0.3, 0.4) is 0 Å². The highest BCUT2D eigenvalue weighted by Gasteiger charge is 2.09. The van der Waals surface area contributed by atoms with Crippen LogP contribution in [0.2, 0.25) is 0 Å². The van der Waals surface area contributed by atoms with Crippen LogP contribution in [-0.4, -0.2) is 24.1 Å². The number of nitrogens with one attached hydrogen (secondary N) is 1. The fourth-order valence-corrected chi connectivity index (χ4v) is 1.84. The maximum atomic E-state index is 5.70. The molecule has 0 saturated carbocycles. The van der Waals surface area contributed by atoms with Crippen LogP contribution in [0.1, 0.15) is 16.8 Å². The van der Waals surface area contributed by atoms with E-state index in [1.807, 2.05) is 39.1 Å². The molecular weight excluding hydrogens is 254 g/mol. The van der Waals surface area contributed by atoms with Crippen molar-refractivity contribution in [2.75, 3.05) is 14.2 Å². The van der Waals surface area contributed by atoms with Gasteiger partial charge in [-0.3, -0.25) is 0 Å². The van der Waals surface area contributed by atoms with E-state index < -0.39 is 0 Å². The van der Waals surface area contributed by atoms with Crippen LogP contribution in [0.15, 0.2) is 24.4 Å². The van der Waals surface area contributed by atoms with Crippen molar-refractivity contribution in [1.29, 1.82) is 0 Å². The first-order valence-corrected chi connectivity index (χ1v) is 6.43. The largest absolute Gasteiger partial charge is 0.493 e. The molecule has 0 aliphatic rings. The molecular formula is C15H19N3O2. The molecule has 0 fully saturated rings. The molecule has 1 N–H and O–H groups in total. The second kappa shape index (κ2) is 6.34. The molecule has 0 spiro atoms. The lowest BCUT2D eigenvalue weighted by molar-refractivity contribution is 0.367. The molecule has 0 aliphatic heterocycles. The van der Waals surface area contributed by atoms with Gasteiger partial charge < -0.3 is 14.8 Å². The molecule has 5 nitrogen and oxygen atoms in total. The first kappa shape index (κ1) is 14.3. The molecule has 0 atom stereocenters. The predicted molar refractivity (Wildman–Crippen MR) is 77.3 cm³/mol. The quantitative estimate of drug-likeness (QED) is 0.907. The van der Waals surface area contributed by atoms with Gasteiger partial charge >= 0.3 is 6.01 Å². The minimum atomic E-state index is 0.324. The summed E-state index contributed by atoms with van der Waals surface area (Å²) < 4.78 is 11.0. The van der Waals surface area contributed by atoms with Gasteiger partial charge in [-0.2, -0.15) is 4.98 Å². The lowest BCUT2D eigenvalue weighted by Gasteiger charge is -2.11. The average Bonchev–Trinajstić information content (AvgIpc) is 2.44. The third kappa shape index (κ3) is 3.24. The third-order valence-corrected chi connectivity index (χ3v) is 2.95. The summed E-state index contributed by atoms with van der Waals surface area (Å²) in [6, 6.07) is 6.05. The Bertz CT molecular complexity index is 600. The van der Waals surface area contributed by atoms with Crippen LogP contribution in [0.4, 0.5) is 0 Å². The summed E-state index contributed by atoms with van der Waals surface area (Å²) in [4.78, 5) is 8.58. The second-order valence-corrected chi connectivity index (χ2v) is 4.55. The Hall–Kier alpha value is -2.14. The Kier molecular flexibility index (Phi) is 4.53. The lowest BCUT2D eigenvalue weighted by atomic mass is 10.2. The second-order valence-electron chi connectivity index (χ2n) is 4.55. The van der Waals surface area contributed by atoms with Crippen molar-refractivity contribution in [3.63, 3.8) is 0 Å². The zero-order chi connectivity index (χ0) is 14.5. The third-order valence-electron chi connectivity index (χ3n) is 2.95. The molecule has 0 saturated heterocycles. The zero-order valence-corrected chi connectivity index (χ0v) is 12.2. The molecule has 106 valence electrons. The van der Waals surface area contributed by atoms with Crippen LogP contribution in [-0.2, 0) is 6.54 Å². The average molecular weight is 273 g/mol. The summed E-state index contributed by atoms with van der Waals surface area (Å²) in [7, 11) is 3.50. The smallest absolute Gasteiger partial charge is 0.322 e. The van der Waals surface area contributed by atoms with E-state index in [0.717, 1.165) is 23.4 Å². The summed E-state index contributed by atoms with van der Waals surface area (Å²) in [6.45, 7) is 4.67. The maximum Gasteiger partial charge on any atom is 0.322 e. The minimum Gasteiger partial charge on any atom is -0.493 e. The molecule has 0 radical (unpaired) electrons. The highest BCUT2D eigenvalue weighted by Crippen LogP contribution is 2.30. The van der Waals surface area contributed by atoms with Crippen LogP contribution >= 0.6 is 0 Å².